The van der Waals surface area contributed by atoms with Crippen molar-refractivity contribution in [2.75, 3.05) is 12.4 Å². The molecule has 173 valence electrons. The Morgan fingerprint density at radius 2 is 1.97 bits per heavy atom. The largest absolute Gasteiger partial charge is 0.507 e. The van der Waals surface area contributed by atoms with Gasteiger partial charge in [-0.2, -0.15) is 0 Å². The molecule has 0 aromatic heterocycles. The average Bonchev–Trinajstić information content (AvgIpc) is 3.04. The minimum absolute atomic E-state index is 0. The molecule has 2 unspecified atom stereocenters. The van der Waals surface area contributed by atoms with Crippen molar-refractivity contribution in [1.29, 1.82) is 0 Å². The van der Waals surface area contributed by atoms with Crippen molar-refractivity contribution >= 4 is 53.1 Å². The number of phenols is 1. The summed E-state index contributed by atoms with van der Waals surface area (Å²) in [5.41, 5.74) is 2.86. The molecular formula is C25H30NaO6S. The number of carbonyl (C=O) groups excluding carboxylic acids is 1. The van der Waals surface area contributed by atoms with Crippen molar-refractivity contribution in [1.82, 2.24) is 0 Å². The van der Waals surface area contributed by atoms with Crippen LogP contribution in [-0.4, -0.2) is 69.0 Å². The molecular weight excluding hydrogens is 451 g/mol. The summed E-state index contributed by atoms with van der Waals surface area (Å²) < 4.78 is 5.91. The topological polar surface area (TPSA) is 104 Å². The van der Waals surface area contributed by atoms with E-state index in [4.69, 9.17) is 9.84 Å². The van der Waals surface area contributed by atoms with Gasteiger partial charge in [-0.25, -0.2) is 0 Å². The number of carboxylic acids is 1. The first-order valence-electron chi connectivity index (χ1n) is 11.0. The third kappa shape index (κ3) is 6.99. The van der Waals surface area contributed by atoms with Gasteiger partial charge in [0.25, 0.3) is 0 Å². The Morgan fingerprint density at radius 1 is 1.21 bits per heavy atom. The van der Waals surface area contributed by atoms with Crippen LogP contribution in [0.3, 0.4) is 0 Å². The minimum Gasteiger partial charge on any atom is -0.507 e. The summed E-state index contributed by atoms with van der Waals surface area (Å²) in [5, 5.41) is 29.8. The number of rotatable bonds is 11. The number of ketones is 1. The van der Waals surface area contributed by atoms with Gasteiger partial charge in [-0.05, 0) is 61.6 Å². The molecule has 0 amide bonds. The molecule has 0 fully saturated rings. The summed E-state index contributed by atoms with van der Waals surface area (Å²) in [6, 6.07) is 9.28. The molecule has 2 aromatic carbocycles. The monoisotopic (exact) mass is 481 g/mol. The van der Waals surface area contributed by atoms with Crippen molar-refractivity contribution in [3.8, 4) is 11.5 Å². The van der Waals surface area contributed by atoms with E-state index in [1.54, 1.807) is 23.9 Å². The van der Waals surface area contributed by atoms with E-state index in [1.165, 1.54) is 6.92 Å². The van der Waals surface area contributed by atoms with E-state index in [2.05, 4.69) is 0 Å². The number of carboxylic acid groups (broad SMARTS) is 1. The van der Waals surface area contributed by atoms with Crippen molar-refractivity contribution in [3.63, 3.8) is 0 Å². The summed E-state index contributed by atoms with van der Waals surface area (Å²) in [7, 11) is 0. The number of thioether (sulfide) groups is 1. The number of phenolic OH excluding ortho intramolecular Hbond substituents is 1. The van der Waals surface area contributed by atoms with E-state index >= 15 is 0 Å². The fourth-order valence-corrected chi connectivity index (χ4v) is 5.04. The van der Waals surface area contributed by atoms with Gasteiger partial charge >= 0.3 is 5.97 Å². The smallest absolute Gasteiger partial charge is 0.303 e. The molecule has 0 spiro atoms. The van der Waals surface area contributed by atoms with Crippen LogP contribution in [0.25, 0.3) is 0 Å². The number of aromatic hydroxyl groups is 1. The van der Waals surface area contributed by atoms with Gasteiger partial charge in [0.2, 0.25) is 0 Å². The Hall–Kier alpha value is -1.51. The number of aliphatic hydroxyl groups excluding tert-OH is 1. The number of carbonyl (C=O) groups is 2. The van der Waals surface area contributed by atoms with Crippen LogP contribution in [0.15, 0.2) is 35.2 Å². The molecule has 0 bridgehead atoms. The minimum atomic E-state index is -0.886. The van der Waals surface area contributed by atoms with Crippen molar-refractivity contribution < 1.29 is 29.6 Å². The number of hydrogen-bond acceptors (Lipinski definition) is 6. The van der Waals surface area contributed by atoms with Gasteiger partial charge in [0.15, 0.2) is 5.78 Å². The molecule has 0 aliphatic heterocycles. The predicted molar refractivity (Wildman–Crippen MR) is 130 cm³/mol. The van der Waals surface area contributed by atoms with Gasteiger partial charge in [0, 0.05) is 51.7 Å². The second-order valence-electron chi connectivity index (χ2n) is 8.16. The van der Waals surface area contributed by atoms with Crippen molar-refractivity contribution in [3.05, 3.63) is 52.6 Å². The van der Waals surface area contributed by atoms with Crippen LogP contribution >= 0.6 is 11.8 Å². The normalized spacial score (nSPS) is 16.7. The van der Waals surface area contributed by atoms with E-state index in [1.807, 2.05) is 25.1 Å². The maximum absolute atomic E-state index is 11.7. The molecule has 2 atom stereocenters. The molecule has 1 aliphatic rings. The quantitative estimate of drug-likeness (QED) is 0.189. The molecule has 0 saturated heterocycles. The number of ether oxygens (including phenoxy) is 1. The molecule has 1 radical (unpaired) electrons. The second-order valence-corrected chi connectivity index (χ2v) is 9.33. The molecule has 0 heterocycles. The van der Waals surface area contributed by atoms with E-state index in [-0.39, 0.29) is 53.4 Å². The summed E-state index contributed by atoms with van der Waals surface area (Å²) in [4.78, 5) is 23.8. The third-order valence-electron chi connectivity index (χ3n) is 5.73. The summed E-state index contributed by atoms with van der Waals surface area (Å²) >= 11 is 1.69. The zero-order chi connectivity index (χ0) is 23.3. The third-order valence-corrected chi connectivity index (χ3v) is 6.81. The summed E-state index contributed by atoms with van der Waals surface area (Å²) in [6.45, 7) is 3.95. The maximum atomic E-state index is 11.7. The average molecular weight is 482 g/mol. The number of fused-ring (bicyclic) bond motifs is 1. The first kappa shape index (κ1) is 27.7. The van der Waals surface area contributed by atoms with Crippen LogP contribution in [-0.2, 0) is 17.6 Å². The van der Waals surface area contributed by atoms with E-state index in [0.29, 0.717) is 36.3 Å². The Bertz CT molecular complexity index is 993. The SMILES string of the molecule is CCCc1c(OCCCSc2ccc3c(c2)CC(CC(=O)O)C3O)ccc(C(C)=O)c1O.[Na]. The van der Waals surface area contributed by atoms with Gasteiger partial charge < -0.3 is 20.1 Å². The zero-order valence-electron chi connectivity index (χ0n) is 19.5. The van der Waals surface area contributed by atoms with Gasteiger partial charge in [0.05, 0.1) is 24.7 Å². The fraction of sp³-hybridized carbons (Fsp3) is 0.440. The molecule has 6 nitrogen and oxygen atoms in total. The summed E-state index contributed by atoms with van der Waals surface area (Å²) in [6.07, 6.45) is 2.12. The standard InChI is InChI=1S/C25H30O6S.Na/c1-3-5-21-22(9-8-19(15(2)26)25(21)30)31-10-4-11-32-18-6-7-20-16(13-18)12-17(24(20)29)14-23(27)28;/h6-9,13,17,24,29-30H,3-5,10-12,14H2,1-2H3,(H,27,28);. The number of Topliss-reactive ketones (excluding diaryl/α,β-unsaturated/α-hetero) is 1. The van der Waals surface area contributed by atoms with Crippen LogP contribution < -0.4 is 4.74 Å². The molecule has 2 aromatic rings. The van der Waals surface area contributed by atoms with E-state index in [9.17, 15) is 19.8 Å². The molecule has 0 saturated carbocycles. The van der Waals surface area contributed by atoms with Gasteiger partial charge in [-0.3, -0.25) is 9.59 Å². The number of aliphatic carboxylic acids is 1. The Balaban J connectivity index is 0.00000385. The Kier molecular flexibility index (Phi) is 10.8. The van der Waals surface area contributed by atoms with Gasteiger partial charge in [0.1, 0.15) is 11.5 Å². The number of hydrogen-bond donors (Lipinski definition) is 3. The first-order chi connectivity index (χ1) is 15.3. The van der Waals surface area contributed by atoms with Crippen LogP contribution in [0.2, 0.25) is 0 Å². The molecule has 33 heavy (non-hydrogen) atoms. The maximum Gasteiger partial charge on any atom is 0.303 e. The van der Waals surface area contributed by atoms with Crippen LogP contribution in [0.5, 0.6) is 11.5 Å². The van der Waals surface area contributed by atoms with Crippen molar-refractivity contribution in [2.45, 2.75) is 57.0 Å². The van der Waals surface area contributed by atoms with Crippen LogP contribution in [0.4, 0.5) is 0 Å². The van der Waals surface area contributed by atoms with Crippen molar-refractivity contribution in [2.24, 2.45) is 5.92 Å². The molecule has 3 N–H and O–H groups in total. The van der Waals surface area contributed by atoms with Crippen LogP contribution in [0, 0.1) is 5.92 Å². The van der Waals surface area contributed by atoms with Crippen LogP contribution in [0.1, 0.15) is 66.3 Å². The number of aliphatic hydroxyl groups is 1. The number of benzene rings is 2. The van der Waals surface area contributed by atoms with E-state index in [0.717, 1.165) is 34.6 Å². The Labute approximate surface area is 221 Å². The predicted octanol–water partition coefficient (Wildman–Crippen LogP) is 4.41. The zero-order valence-corrected chi connectivity index (χ0v) is 22.3. The second kappa shape index (κ2) is 12.8. The summed E-state index contributed by atoms with van der Waals surface area (Å²) in [5.74, 6) is 0.157. The van der Waals surface area contributed by atoms with E-state index < -0.39 is 12.1 Å². The molecule has 3 rings (SSSR count). The fourth-order valence-electron chi connectivity index (χ4n) is 4.15. The van der Waals surface area contributed by atoms with Gasteiger partial charge in [-0.15, -0.1) is 11.8 Å². The molecule has 8 heteroatoms. The van der Waals surface area contributed by atoms with Gasteiger partial charge in [-0.1, -0.05) is 19.4 Å². The Morgan fingerprint density at radius 3 is 2.64 bits per heavy atom. The molecule has 1 aliphatic carbocycles. The first-order valence-corrected chi connectivity index (χ1v) is 11.9.